The predicted octanol–water partition coefficient (Wildman–Crippen LogP) is 3.90. The maximum absolute atomic E-state index is 13.8. The van der Waals surface area contributed by atoms with Crippen molar-refractivity contribution in [3.63, 3.8) is 0 Å². The van der Waals surface area contributed by atoms with Gasteiger partial charge < -0.3 is 10.1 Å². The molecule has 3 rings (SSSR count). The van der Waals surface area contributed by atoms with Gasteiger partial charge in [-0.1, -0.05) is 43.3 Å². The van der Waals surface area contributed by atoms with Crippen LogP contribution in [0.5, 0.6) is 5.75 Å². The molecule has 0 saturated carbocycles. The van der Waals surface area contributed by atoms with E-state index in [1.807, 2.05) is 19.1 Å². The number of rotatable bonds is 8. The fraction of sp³-hybridized carbons (Fsp3) is 0.409. The van der Waals surface area contributed by atoms with E-state index in [4.69, 9.17) is 4.74 Å². The molecule has 0 bridgehead atoms. The van der Waals surface area contributed by atoms with E-state index in [-0.39, 0.29) is 11.7 Å². The minimum absolute atomic E-state index is 0.104. The van der Waals surface area contributed by atoms with Gasteiger partial charge >= 0.3 is 0 Å². The summed E-state index contributed by atoms with van der Waals surface area (Å²) in [6, 6.07) is 14.4. The fourth-order valence-electron chi connectivity index (χ4n) is 3.36. The van der Waals surface area contributed by atoms with Gasteiger partial charge in [0, 0.05) is 13.1 Å². The van der Waals surface area contributed by atoms with Gasteiger partial charge in [0.05, 0.1) is 0 Å². The second-order valence-corrected chi connectivity index (χ2v) is 6.97. The van der Waals surface area contributed by atoms with E-state index in [0.717, 1.165) is 25.2 Å². The zero-order chi connectivity index (χ0) is 19.1. The second kappa shape index (κ2) is 9.51. The number of hydrogen-bond acceptors (Lipinski definition) is 3. The number of amides is 1. The van der Waals surface area contributed by atoms with Crippen LogP contribution in [0, 0.1) is 5.82 Å². The lowest BCUT2D eigenvalue weighted by Gasteiger charge is -2.18. The molecular weight excluding hydrogens is 343 g/mol. The number of para-hydroxylation sites is 1. The topological polar surface area (TPSA) is 41.6 Å². The minimum atomic E-state index is -0.713. The smallest absolute Gasteiger partial charge is 0.261 e. The van der Waals surface area contributed by atoms with Gasteiger partial charge in [-0.05, 0) is 55.6 Å². The van der Waals surface area contributed by atoms with Crippen molar-refractivity contribution in [2.45, 2.75) is 45.4 Å². The van der Waals surface area contributed by atoms with E-state index >= 15 is 0 Å². The number of nitrogens with one attached hydrogen (secondary N) is 1. The van der Waals surface area contributed by atoms with Gasteiger partial charge in [0.1, 0.15) is 0 Å². The molecule has 1 amide bonds. The summed E-state index contributed by atoms with van der Waals surface area (Å²) in [4.78, 5) is 14.9. The van der Waals surface area contributed by atoms with Gasteiger partial charge in [-0.3, -0.25) is 9.69 Å². The van der Waals surface area contributed by atoms with Crippen LogP contribution in [0.4, 0.5) is 4.39 Å². The Morgan fingerprint density at radius 3 is 2.63 bits per heavy atom. The Labute approximate surface area is 160 Å². The summed E-state index contributed by atoms with van der Waals surface area (Å²) in [6.07, 6.45) is 2.30. The molecule has 1 fully saturated rings. The summed E-state index contributed by atoms with van der Waals surface area (Å²) in [5.41, 5.74) is 2.32. The van der Waals surface area contributed by atoms with Crippen molar-refractivity contribution >= 4 is 5.91 Å². The Hall–Kier alpha value is -2.40. The van der Waals surface area contributed by atoms with E-state index in [1.54, 1.807) is 12.1 Å². The van der Waals surface area contributed by atoms with Crippen LogP contribution in [0.2, 0.25) is 0 Å². The molecule has 1 N–H and O–H groups in total. The minimum Gasteiger partial charge on any atom is -0.478 e. The number of hydrogen-bond donors (Lipinski definition) is 1. The number of likely N-dealkylation sites (tertiary alicyclic amines) is 1. The highest BCUT2D eigenvalue weighted by Gasteiger charge is 2.19. The molecule has 0 spiro atoms. The monoisotopic (exact) mass is 370 g/mol. The summed E-state index contributed by atoms with van der Waals surface area (Å²) in [7, 11) is 0. The molecule has 5 heteroatoms. The highest BCUT2D eigenvalue weighted by molar-refractivity contribution is 5.81. The number of benzene rings is 2. The molecule has 1 atom stereocenters. The van der Waals surface area contributed by atoms with Gasteiger partial charge in [-0.25, -0.2) is 4.39 Å². The zero-order valence-electron chi connectivity index (χ0n) is 15.8. The number of nitrogens with zero attached hydrogens (tertiary/aromatic N) is 1. The Bertz CT molecular complexity index is 759. The molecule has 1 heterocycles. The van der Waals surface area contributed by atoms with Gasteiger partial charge in [-0.15, -0.1) is 0 Å². The van der Waals surface area contributed by atoms with Crippen LogP contribution in [0.25, 0.3) is 0 Å². The molecule has 1 unspecified atom stereocenters. The van der Waals surface area contributed by atoms with Gasteiger partial charge in [0.15, 0.2) is 17.7 Å². The molecule has 1 aliphatic heterocycles. The number of carbonyl (C=O) groups excluding carboxylic acids is 1. The zero-order valence-corrected chi connectivity index (χ0v) is 15.8. The standard InChI is InChI=1S/C22H27FN2O2/c1-2-20(27-21-11-4-3-10-19(21)23)22(26)24-15-17-8-7-9-18(14-17)16-25-12-5-6-13-25/h3-4,7-11,14,20H,2,5-6,12-13,15-16H2,1H3,(H,24,26). The highest BCUT2D eigenvalue weighted by Crippen LogP contribution is 2.18. The Balaban J connectivity index is 1.55. The average molecular weight is 370 g/mol. The maximum Gasteiger partial charge on any atom is 0.261 e. The fourth-order valence-corrected chi connectivity index (χ4v) is 3.36. The first-order valence-electron chi connectivity index (χ1n) is 9.65. The summed E-state index contributed by atoms with van der Waals surface area (Å²) in [5, 5.41) is 2.91. The van der Waals surface area contributed by atoms with Gasteiger partial charge in [0.25, 0.3) is 5.91 Å². The highest BCUT2D eigenvalue weighted by atomic mass is 19.1. The lowest BCUT2D eigenvalue weighted by molar-refractivity contribution is -0.128. The third-order valence-corrected chi connectivity index (χ3v) is 4.83. The lowest BCUT2D eigenvalue weighted by Crippen LogP contribution is -2.37. The van der Waals surface area contributed by atoms with Crippen LogP contribution in [-0.4, -0.2) is 30.0 Å². The summed E-state index contributed by atoms with van der Waals surface area (Å²) < 4.78 is 19.3. The molecule has 0 aromatic heterocycles. The van der Waals surface area contributed by atoms with Crippen LogP contribution in [-0.2, 0) is 17.9 Å². The van der Waals surface area contributed by atoms with Crippen molar-refractivity contribution in [1.82, 2.24) is 10.2 Å². The summed E-state index contributed by atoms with van der Waals surface area (Å²) in [5.74, 6) is -0.587. The molecule has 2 aromatic carbocycles. The van der Waals surface area contributed by atoms with Crippen LogP contribution in [0.3, 0.4) is 0 Å². The predicted molar refractivity (Wildman–Crippen MR) is 104 cm³/mol. The largest absolute Gasteiger partial charge is 0.478 e. The Kier molecular flexibility index (Phi) is 6.82. The molecule has 1 saturated heterocycles. The van der Waals surface area contributed by atoms with Gasteiger partial charge in [-0.2, -0.15) is 0 Å². The third kappa shape index (κ3) is 5.54. The van der Waals surface area contributed by atoms with Crippen LogP contribution >= 0.6 is 0 Å². The van der Waals surface area contributed by atoms with E-state index in [9.17, 15) is 9.18 Å². The van der Waals surface area contributed by atoms with Crippen molar-refractivity contribution in [3.05, 3.63) is 65.5 Å². The van der Waals surface area contributed by atoms with E-state index in [2.05, 4.69) is 22.3 Å². The molecule has 1 aliphatic rings. The molecule has 0 aliphatic carbocycles. The third-order valence-electron chi connectivity index (χ3n) is 4.83. The Morgan fingerprint density at radius 1 is 1.15 bits per heavy atom. The molecule has 4 nitrogen and oxygen atoms in total. The van der Waals surface area contributed by atoms with Crippen molar-refractivity contribution in [2.24, 2.45) is 0 Å². The van der Waals surface area contributed by atoms with Crippen LogP contribution < -0.4 is 10.1 Å². The van der Waals surface area contributed by atoms with Crippen molar-refractivity contribution < 1.29 is 13.9 Å². The molecule has 144 valence electrons. The maximum atomic E-state index is 13.8. The Morgan fingerprint density at radius 2 is 1.89 bits per heavy atom. The summed E-state index contributed by atoms with van der Waals surface area (Å²) >= 11 is 0. The molecule has 0 radical (unpaired) electrons. The number of carbonyl (C=O) groups is 1. The van der Waals surface area contributed by atoms with Crippen LogP contribution in [0.1, 0.15) is 37.3 Å². The first-order valence-corrected chi connectivity index (χ1v) is 9.65. The van der Waals surface area contributed by atoms with E-state index in [1.165, 1.54) is 30.5 Å². The summed E-state index contributed by atoms with van der Waals surface area (Å²) in [6.45, 7) is 5.56. The normalized spacial score (nSPS) is 15.5. The van der Waals surface area contributed by atoms with E-state index < -0.39 is 11.9 Å². The number of halogens is 1. The van der Waals surface area contributed by atoms with E-state index in [0.29, 0.717) is 13.0 Å². The van der Waals surface area contributed by atoms with Crippen molar-refractivity contribution in [3.8, 4) is 5.75 Å². The first-order chi connectivity index (χ1) is 13.2. The first kappa shape index (κ1) is 19.4. The van der Waals surface area contributed by atoms with Gasteiger partial charge in [0.2, 0.25) is 0 Å². The number of ether oxygens (including phenoxy) is 1. The van der Waals surface area contributed by atoms with Crippen molar-refractivity contribution in [2.75, 3.05) is 13.1 Å². The van der Waals surface area contributed by atoms with Crippen molar-refractivity contribution in [1.29, 1.82) is 0 Å². The molecular formula is C22H27FN2O2. The molecule has 2 aromatic rings. The second-order valence-electron chi connectivity index (χ2n) is 6.97. The lowest BCUT2D eigenvalue weighted by atomic mass is 10.1. The molecule has 27 heavy (non-hydrogen) atoms. The quantitative estimate of drug-likeness (QED) is 0.766. The van der Waals surface area contributed by atoms with Crippen LogP contribution in [0.15, 0.2) is 48.5 Å². The average Bonchev–Trinajstić information content (AvgIpc) is 3.19. The SMILES string of the molecule is CCC(Oc1ccccc1F)C(=O)NCc1cccc(CN2CCCC2)c1.